The number of hydrogen-bond donors (Lipinski definition) is 2. The van der Waals surface area contributed by atoms with Gasteiger partial charge in [0.2, 0.25) is 0 Å². The molecule has 1 rings (SSSR count). The number of carbonyl (C=O) groups excluding carboxylic acids is 1. The molecule has 0 radical (unpaired) electrons. The van der Waals surface area contributed by atoms with Crippen molar-refractivity contribution in [3.8, 4) is 0 Å². The lowest BCUT2D eigenvalue weighted by Gasteiger charge is -2.08. The number of unbranched alkanes of at least 4 members (excludes halogenated alkanes) is 9. The topological polar surface area (TPSA) is 58.6 Å². The lowest BCUT2D eigenvalue weighted by Crippen LogP contribution is -2.08. The van der Waals surface area contributed by atoms with Gasteiger partial charge >= 0.3 is 12.1 Å². The van der Waals surface area contributed by atoms with Gasteiger partial charge in [-0.2, -0.15) is 13.2 Å². The molecule has 0 amide bonds. The van der Waals surface area contributed by atoms with Crippen molar-refractivity contribution in [2.24, 2.45) is 0 Å². The van der Waals surface area contributed by atoms with Crippen molar-refractivity contribution in [3.05, 3.63) is 42.0 Å². The van der Waals surface area contributed by atoms with Gasteiger partial charge in [-0.05, 0) is 62.8 Å². The summed E-state index contributed by atoms with van der Waals surface area (Å²) in [5, 5.41) is 12.1. The number of benzene rings is 1. The largest absolute Gasteiger partial charge is 0.462 e. The smallest absolute Gasteiger partial charge is 0.389 e. The van der Waals surface area contributed by atoms with Crippen LogP contribution < -0.4 is 5.32 Å². The van der Waals surface area contributed by atoms with Crippen LogP contribution in [-0.2, 0) is 4.74 Å². The van der Waals surface area contributed by atoms with Crippen LogP contribution in [0.3, 0.4) is 0 Å². The number of aliphatic hydroxyl groups excluding tert-OH is 1. The Morgan fingerprint density at radius 3 is 2.03 bits per heavy atom. The zero-order valence-electron chi connectivity index (χ0n) is 19.7. The number of aliphatic hydroxyl groups is 1. The van der Waals surface area contributed by atoms with E-state index in [0.717, 1.165) is 57.2 Å². The van der Waals surface area contributed by atoms with Crippen LogP contribution in [0.25, 0.3) is 0 Å². The van der Waals surface area contributed by atoms with Crippen molar-refractivity contribution in [1.82, 2.24) is 0 Å². The summed E-state index contributed by atoms with van der Waals surface area (Å²) in [7, 11) is 0. The molecule has 0 aliphatic rings. The normalized spacial score (nSPS) is 11.8. The summed E-state index contributed by atoms with van der Waals surface area (Å²) in [6, 6.07) is 7.22. The predicted octanol–water partition coefficient (Wildman–Crippen LogP) is 7.44. The van der Waals surface area contributed by atoms with Crippen LogP contribution in [-0.4, -0.2) is 37.0 Å². The van der Waals surface area contributed by atoms with E-state index >= 15 is 0 Å². The molecular weight excluding hydrogens is 431 g/mol. The van der Waals surface area contributed by atoms with Crippen LogP contribution in [0.5, 0.6) is 0 Å². The Morgan fingerprint density at radius 2 is 1.42 bits per heavy atom. The molecule has 0 bridgehead atoms. The van der Waals surface area contributed by atoms with E-state index in [2.05, 4.69) is 17.5 Å². The van der Waals surface area contributed by atoms with Gasteiger partial charge in [-0.1, -0.05) is 44.3 Å². The number of allylic oxidation sites excluding steroid dienone is 2. The second kappa shape index (κ2) is 18.4. The Morgan fingerprint density at radius 1 is 0.848 bits per heavy atom. The monoisotopic (exact) mass is 471 g/mol. The highest BCUT2D eigenvalue weighted by Crippen LogP contribution is 2.23. The van der Waals surface area contributed by atoms with Gasteiger partial charge in [0, 0.05) is 31.7 Å². The first-order valence-electron chi connectivity index (χ1n) is 12.3. The Kier molecular flexibility index (Phi) is 16.2. The van der Waals surface area contributed by atoms with Crippen LogP contribution >= 0.6 is 0 Å². The van der Waals surface area contributed by atoms with E-state index in [1.807, 2.05) is 12.1 Å². The molecule has 4 nitrogen and oxygen atoms in total. The number of rotatable bonds is 19. The number of halogens is 3. The van der Waals surface area contributed by atoms with Crippen molar-refractivity contribution in [2.45, 2.75) is 89.6 Å². The molecule has 0 spiro atoms. The van der Waals surface area contributed by atoms with Crippen LogP contribution in [0, 0.1) is 0 Å². The first-order chi connectivity index (χ1) is 15.9. The zero-order chi connectivity index (χ0) is 24.2. The molecule has 0 aliphatic carbocycles. The Hall–Kier alpha value is -2.02. The molecule has 188 valence electrons. The van der Waals surface area contributed by atoms with Crippen LogP contribution in [0.15, 0.2) is 36.4 Å². The van der Waals surface area contributed by atoms with Gasteiger partial charge in [-0.15, -0.1) is 0 Å². The number of esters is 1. The Balaban J connectivity index is 1.93. The highest BCUT2D eigenvalue weighted by atomic mass is 19.4. The maximum Gasteiger partial charge on any atom is 0.389 e. The predicted molar refractivity (Wildman–Crippen MR) is 128 cm³/mol. The van der Waals surface area contributed by atoms with Crippen molar-refractivity contribution < 1.29 is 27.8 Å². The number of ether oxygens (including phenoxy) is 1. The Bertz CT molecular complexity index is 645. The quantitative estimate of drug-likeness (QED) is 0.125. The van der Waals surface area contributed by atoms with Gasteiger partial charge in [-0.3, -0.25) is 0 Å². The minimum atomic E-state index is -4.01. The van der Waals surface area contributed by atoms with Crippen molar-refractivity contribution in [1.29, 1.82) is 0 Å². The third-order valence-corrected chi connectivity index (χ3v) is 5.28. The van der Waals surface area contributed by atoms with E-state index in [0.29, 0.717) is 18.4 Å². The summed E-state index contributed by atoms with van der Waals surface area (Å²) in [4.78, 5) is 11.8. The van der Waals surface area contributed by atoms with E-state index in [-0.39, 0.29) is 25.6 Å². The summed E-state index contributed by atoms with van der Waals surface area (Å²) in [6.07, 6.45) is 10.8. The third-order valence-electron chi connectivity index (χ3n) is 5.28. The lowest BCUT2D eigenvalue weighted by atomic mass is 10.1. The van der Waals surface area contributed by atoms with Crippen LogP contribution in [0.4, 0.5) is 18.9 Å². The van der Waals surface area contributed by atoms with E-state index in [1.165, 1.54) is 12.8 Å². The van der Waals surface area contributed by atoms with Gasteiger partial charge in [0.1, 0.15) is 0 Å². The number of hydrogen-bond acceptors (Lipinski definition) is 4. The van der Waals surface area contributed by atoms with Gasteiger partial charge in [0.15, 0.2) is 0 Å². The average molecular weight is 472 g/mol. The molecule has 0 saturated heterocycles. The van der Waals surface area contributed by atoms with E-state index in [9.17, 15) is 18.0 Å². The van der Waals surface area contributed by atoms with E-state index in [4.69, 9.17) is 9.84 Å². The molecule has 33 heavy (non-hydrogen) atoms. The molecule has 1 aromatic carbocycles. The highest BCUT2D eigenvalue weighted by Gasteiger charge is 2.25. The highest BCUT2D eigenvalue weighted by molar-refractivity contribution is 5.89. The molecule has 0 heterocycles. The number of nitrogens with one attached hydrogen (secondary N) is 1. The minimum absolute atomic E-state index is 0.00818. The molecule has 0 atom stereocenters. The molecule has 7 heteroatoms. The third kappa shape index (κ3) is 17.2. The molecule has 0 aromatic heterocycles. The number of alkyl halides is 3. The summed E-state index contributed by atoms with van der Waals surface area (Å²) >= 11 is 0. The number of carbonyl (C=O) groups is 1. The maximum atomic E-state index is 12.0. The molecule has 0 fully saturated rings. The molecule has 0 unspecified atom stereocenters. The van der Waals surface area contributed by atoms with Crippen molar-refractivity contribution in [2.75, 3.05) is 25.1 Å². The van der Waals surface area contributed by atoms with Gasteiger partial charge in [0.25, 0.3) is 0 Å². The zero-order valence-corrected chi connectivity index (χ0v) is 19.7. The Labute approximate surface area is 196 Å². The second-order valence-electron chi connectivity index (χ2n) is 8.31. The van der Waals surface area contributed by atoms with E-state index in [1.54, 1.807) is 12.1 Å². The van der Waals surface area contributed by atoms with Gasteiger partial charge in [-0.25, -0.2) is 4.79 Å². The molecule has 1 aromatic rings. The second-order valence-corrected chi connectivity index (χ2v) is 8.31. The molecular formula is C26H40F3NO3. The maximum absolute atomic E-state index is 12.0. The standard InChI is InChI=1S/C26H40F3NO3/c27-26(28,29)19-12-10-8-6-4-2-1-3-5-7-9-11-13-20-30-24-17-15-23(16-18-24)25(32)33-22-14-21-31/h1,3,15-18,30-31H,2,4-14,19-22H2. The molecule has 2 N–H and O–H groups in total. The fraction of sp³-hybridized carbons (Fsp3) is 0.654. The fourth-order valence-corrected chi connectivity index (χ4v) is 3.36. The van der Waals surface area contributed by atoms with Crippen LogP contribution in [0.1, 0.15) is 93.8 Å². The average Bonchev–Trinajstić information content (AvgIpc) is 2.78. The summed E-state index contributed by atoms with van der Waals surface area (Å²) in [5.41, 5.74) is 1.48. The SMILES string of the molecule is O=C(OCCCO)c1ccc(NCCCCCCC=CCCCCCCCC(F)(F)F)cc1. The van der Waals surface area contributed by atoms with Gasteiger partial charge in [0.05, 0.1) is 12.2 Å². The fourth-order valence-electron chi connectivity index (χ4n) is 3.36. The minimum Gasteiger partial charge on any atom is -0.462 e. The first kappa shape index (κ1) is 29.0. The van der Waals surface area contributed by atoms with Crippen molar-refractivity contribution >= 4 is 11.7 Å². The van der Waals surface area contributed by atoms with Gasteiger partial charge < -0.3 is 15.2 Å². The summed E-state index contributed by atoms with van der Waals surface area (Å²) in [6.45, 7) is 1.12. The van der Waals surface area contributed by atoms with Crippen LogP contribution in [0.2, 0.25) is 0 Å². The van der Waals surface area contributed by atoms with E-state index < -0.39 is 12.6 Å². The van der Waals surface area contributed by atoms with Crippen molar-refractivity contribution in [3.63, 3.8) is 0 Å². The summed E-state index contributed by atoms with van der Waals surface area (Å²) < 4.78 is 41.1. The first-order valence-corrected chi connectivity index (χ1v) is 12.3. The molecule has 0 saturated carbocycles. The molecule has 0 aliphatic heterocycles. The summed E-state index contributed by atoms with van der Waals surface area (Å²) in [5.74, 6) is -0.371. The lowest BCUT2D eigenvalue weighted by molar-refractivity contribution is -0.135. The number of anilines is 1.